The molecule has 1 aliphatic heterocycles. The van der Waals surface area contributed by atoms with E-state index in [0.717, 1.165) is 25.1 Å². The van der Waals surface area contributed by atoms with Crippen LogP contribution in [-0.2, 0) is 11.2 Å². The summed E-state index contributed by atoms with van der Waals surface area (Å²) in [6, 6.07) is 10.7. The van der Waals surface area contributed by atoms with E-state index in [9.17, 15) is 14.9 Å². The Morgan fingerprint density at radius 1 is 1.38 bits per heavy atom. The molecule has 1 aromatic heterocycles. The van der Waals surface area contributed by atoms with E-state index >= 15 is 0 Å². The summed E-state index contributed by atoms with van der Waals surface area (Å²) >= 11 is 0. The molecule has 0 saturated carbocycles. The second-order valence-corrected chi connectivity index (χ2v) is 5.38. The van der Waals surface area contributed by atoms with Crippen molar-refractivity contribution in [2.24, 2.45) is 5.10 Å². The van der Waals surface area contributed by atoms with Gasteiger partial charge in [-0.2, -0.15) is 5.10 Å². The summed E-state index contributed by atoms with van der Waals surface area (Å²) in [5.41, 5.74) is 4.72. The second-order valence-electron chi connectivity index (χ2n) is 5.38. The van der Waals surface area contributed by atoms with E-state index in [1.165, 1.54) is 23.9 Å². The number of para-hydroxylation sites is 1. The number of aryl methyl sites for hydroxylation is 1. The molecule has 2 aromatic rings. The lowest BCUT2D eigenvalue weighted by Gasteiger charge is -2.30. The Kier molecular flexibility index (Phi) is 4.55. The number of rotatable bonds is 5. The molecule has 1 N–H and O–H groups in total. The van der Waals surface area contributed by atoms with E-state index in [-0.39, 0.29) is 24.1 Å². The number of hydrogen-bond donors (Lipinski definition) is 1. The molecule has 1 aliphatic rings. The average Bonchev–Trinajstić information content (AvgIpc) is 3.04. The Hall–Kier alpha value is -3.16. The molecule has 0 fully saturated rings. The van der Waals surface area contributed by atoms with Gasteiger partial charge in [-0.15, -0.1) is 0 Å². The number of nitrogens with zero attached hydrogens (tertiary/aromatic N) is 3. The normalized spacial score (nSPS) is 13.8. The first-order valence-electron chi connectivity index (χ1n) is 7.52. The molecule has 0 spiro atoms. The summed E-state index contributed by atoms with van der Waals surface area (Å²) in [6.45, 7) is 1.02. The number of anilines is 1. The smallest absolute Gasteiger partial charge is 0.400 e. The Labute approximate surface area is 137 Å². The van der Waals surface area contributed by atoms with Crippen LogP contribution in [0.4, 0.5) is 11.6 Å². The summed E-state index contributed by atoms with van der Waals surface area (Å²) in [4.78, 5) is 23.9. The highest BCUT2D eigenvalue weighted by molar-refractivity contribution is 5.84. The maximum Gasteiger partial charge on any atom is 0.433 e. The topological polar surface area (TPSA) is 101 Å². The maximum atomic E-state index is 12.0. The van der Waals surface area contributed by atoms with Crippen molar-refractivity contribution >= 4 is 23.7 Å². The number of carbonyl (C=O) groups excluding carboxylic acids is 1. The number of amides is 1. The molecule has 1 aromatic carbocycles. The third kappa shape index (κ3) is 3.60. The number of nitrogens with one attached hydrogen (secondary N) is 1. The van der Waals surface area contributed by atoms with Crippen molar-refractivity contribution in [3.63, 3.8) is 0 Å². The van der Waals surface area contributed by atoms with Gasteiger partial charge in [0.1, 0.15) is 4.92 Å². The largest absolute Gasteiger partial charge is 0.433 e. The number of hydrazone groups is 1. The van der Waals surface area contributed by atoms with Gasteiger partial charge in [0.2, 0.25) is 0 Å². The summed E-state index contributed by atoms with van der Waals surface area (Å²) in [6.07, 6.45) is 3.25. The van der Waals surface area contributed by atoms with Crippen LogP contribution in [0.15, 0.2) is 45.9 Å². The van der Waals surface area contributed by atoms with Crippen molar-refractivity contribution in [2.75, 3.05) is 18.0 Å². The van der Waals surface area contributed by atoms with Gasteiger partial charge in [-0.1, -0.05) is 18.2 Å². The van der Waals surface area contributed by atoms with Crippen LogP contribution < -0.4 is 10.3 Å². The molecule has 24 heavy (non-hydrogen) atoms. The minimum Gasteiger partial charge on any atom is -0.400 e. The summed E-state index contributed by atoms with van der Waals surface area (Å²) in [7, 11) is 0. The Morgan fingerprint density at radius 3 is 3.00 bits per heavy atom. The second kappa shape index (κ2) is 6.95. The first-order chi connectivity index (χ1) is 11.6. The highest BCUT2D eigenvalue weighted by atomic mass is 16.6. The molecule has 0 bridgehead atoms. The lowest BCUT2D eigenvalue weighted by molar-refractivity contribution is -0.402. The Balaban J connectivity index is 1.56. The van der Waals surface area contributed by atoms with Gasteiger partial charge >= 0.3 is 5.88 Å². The molecule has 2 heterocycles. The van der Waals surface area contributed by atoms with E-state index < -0.39 is 4.92 Å². The van der Waals surface area contributed by atoms with Crippen molar-refractivity contribution in [1.82, 2.24) is 5.43 Å². The van der Waals surface area contributed by atoms with Crippen molar-refractivity contribution in [3.05, 3.63) is 57.8 Å². The molecule has 0 aliphatic carbocycles. The molecule has 1 amide bonds. The molecule has 8 nitrogen and oxygen atoms in total. The number of carbonyl (C=O) groups is 1. The molecular formula is C16H16N4O4. The standard InChI is InChI=1S/C16H16N4O4/c21-15(18-17-10-13-7-8-16(24-13)20(22)23)11-19-9-3-5-12-4-1-2-6-14(12)19/h1-2,4,6-8,10H,3,5,9,11H2,(H,18,21)/b17-10-. The first-order valence-corrected chi connectivity index (χ1v) is 7.52. The van der Waals surface area contributed by atoms with Gasteiger partial charge in [0, 0.05) is 12.2 Å². The Morgan fingerprint density at radius 2 is 2.21 bits per heavy atom. The molecule has 124 valence electrons. The van der Waals surface area contributed by atoms with Crippen molar-refractivity contribution < 1.29 is 14.1 Å². The van der Waals surface area contributed by atoms with Crippen LogP contribution >= 0.6 is 0 Å². The van der Waals surface area contributed by atoms with E-state index in [0.29, 0.717) is 0 Å². The monoisotopic (exact) mass is 328 g/mol. The number of fused-ring (bicyclic) bond motifs is 1. The van der Waals surface area contributed by atoms with Gasteiger partial charge in [-0.25, -0.2) is 5.43 Å². The van der Waals surface area contributed by atoms with E-state index in [2.05, 4.69) is 16.6 Å². The van der Waals surface area contributed by atoms with E-state index in [1.54, 1.807) is 0 Å². The number of benzene rings is 1. The number of nitro groups is 1. The van der Waals surface area contributed by atoms with Gasteiger partial charge in [-0.05, 0) is 30.5 Å². The highest BCUT2D eigenvalue weighted by Crippen LogP contribution is 2.26. The lowest BCUT2D eigenvalue weighted by Crippen LogP contribution is -2.38. The molecular weight excluding hydrogens is 312 g/mol. The van der Waals surface area contributed by atoms with Gasteiger partial charge in [0.15, 0.2) is 5.76 Å². The first kappa shape index (κ1) is 15.7. The van der Waals surface area contributed by atoms with Crippen LogP contribution in [0.25, 0.3) is 0 Å². The molecule has 0 unspecified atom stereocenters. The molecule has 0 saturated heterocycles. The van der Waals surface area contributed by atoms with Crippen LogP contribution in [-0.4, -0.2) is 30.1 Å². The predicted octanol–water partition coefficient (Wildman–Crippen LogP) is 2.09. The third-order valence-corrected chi connectivity index (χ3v) is 3.71. The van der Waals surface area contributed by atoms with Crippen LogP contribution in [0.1, 0.15) is 17.7 Å². The van der Waals surface area contributed by atoms with Crippen molar-refractivity contribution in [3.8, 4) is 0 Å². The zero-order chi connectivity index (χ0) is 16.9. The average molecular weight is 328 g/mol. The minimum absolute atomic E-state index is 0.199. The minimum atomic E-state index is -0.635. The molecule has 0 atom stereocenters. The molecule has 0 radical (unpaired) electrons. The number of hydrogen-bond acceptors (Lipinski definition) is 6. The summed E-state index contributed by atoms with van der Waals surface area (Å²) < 4.78 is 4.91. The Bertz CT molecular complexity index is 784. The van der Waals surface area contributed by atoms with Gasteiger partial charge in [0.05, 0.1) is 18.8 Å². The number of furan rings is 1. The molecule has 3 rings (SSSR count). The lowest BCUT2D eigenvalue weighted by atomic mass is 10.0. The highest BCUT2D eigenvalue weighted by Gasteiger charge is 2.18. The van der Waals surface area contributed by atoms with Gasteiger partial charge in [-0.3, -0.25) is 14.9 Å². The third-order valence-electron chi connectivity index (χ3n) is 3.71. The fourth-order valence-electron chi connectivity index (χ4n) is 2.66. The fraction of sp³-hybridized carbons (Fsp3) is 0.250. The maximum absolute atomic E-state index is 12.0. The van der Waals surface area contributed by atoms with E-state index in [1.807, 2.05) is 23.1 Å². The fourth-order valence-corrected chi connectivity index (χ4v) is 2.66. The predicted molar refractivity (Wildman–Crippen MR) is 88.1 cm³/mol. The van der Waals surface area contributed by atoms with Crippen LogP contribution in [0.3, 0.4) is 0 Å². The van der Waals surface area contributed by atoms with Crippen LogP contribution in [0.5, 0.6) is 0 Å². The van der Waals surface area contributed by atoms with Gasteiger partial charge < -0.3 is 9.32 Å². The van der Waals surface area contributed by atoms with Gasteiger partial charge in [0.25, 0.3) is 5.91 Å². The quantitative estimate of drug-likeness (QED) is 0.514. The van der Waals surface area contributed by atoms with Crippen LogP contribution in [0, 0.1) is 10.1 Å². The van der Waals surface area contributed by atoms with E-state index in [4.69, 9.17) is 4.42 Å². The SMILES string of the molecule is O=C(CN1CCCc2ccccc21)N/N=C\c1ccc([N+](=O)[O-])o1. The van der Waals surface area contributed by atoms with Crippen molar-refractivity contribution in [2.45, 2.75) is 12.8 Å². The van der Waals surface area contributed by atoms with Crippen LogP contribution in [0.2, 0.25) is 0 Å². The summed E-state index contributed by atoms with van der Waals surface area (Å²) in [5.74, 6) is -0.429. The van der Waals surface area contributed by atoms with Crippen molar-refractivity contribution in [1.29, 1.82) is 0 Å². The summed E-state index contributed by atoms with van der Waals surface area (Å²) in [5, 5.41) is 14.3. The zero-order valence-electron chi connectivity index (χ0n) is 12.8. The molecule has 8 heteroatoms. The zero-order valence-corrected chi connectivity index (χ0v) is 12.8.